The summed E-state index contributed by atoms with van der Waals surface area (Å²) in [5.74, 6) is -1.71. The molecule has 1 unspecified atom stereocenters. The van der Waals surface area contributed by atoms with Crippen molar-refractivity contribution in [1.82, 2.24) is 0 Å². The fraction of sp³-hybridized carbons (Fsp3) is 0.848. The van der Waals surface area contributed by atoms with Crippen LogP contribution in [0.2, 0.25) is 0 Å². The first-order valence-electron chi connectivity index (χ1n) is 23.2. The van der Waals surface area contributed by atoms with Crippen molar-refractivity contribution in [3.8, 4) is 0 Å². The zero-order valence-electron chi connectivity index (χ0n) is 37.7. The molecule has 12 nitrogen and oxygen atoms in total. The minimum Gasteiger partial charge on any atom is -0.462 e. The molecule has 13 heteroatoms. The quantitative estimate of drug-likeness (QED) is 0.0178. The van der Waals surface area contributed by atoms with Gasteiger partial charge in [-0.2, -0.15) is 0 Å². The maximum Gasteiger partial charge on any atom is 0.472 e. The number of rotatable bonds is 38. The van der Waals surface area contributed by atoms with Crippen LogP contribution in [0.5, 0.6) is 0 Å². The van der Waals surface area contributed by atoms with Crippen molar-refractivity contribution in [2.45, 2.75) is 193 Å². The number of ketones is 1. The zero-order chi connectivity index (χ0) is 43.8. The van der Waals surface area contributed by atoms with Crippen LogP contribution in [0.25, 0.3) is 0 Å². The number of hydrogen-bond donors (Lipinski definition) is 3. The van der Waals surface area contributed by atoms with E-state index in [2.05, 4.69) is 13.8 Å². The van der Waals surface area contributed by atoms with E-state index in [4.69, 9.17) is 18.5 Å². The van der Waals surface area contributed by atoms with E-state index in [1.54, 1.807) is 12.2 Å². The molecule has 1 fully saturated rings. The Morgan fingerprint density at radius 1 is 0.780 bits per heavy atom. The van der Waals surface area contributed by atoms with Crippen molar-refractivity contribution < 1.29 is 57.1 Å². The third-order valence-electron chi connectivity index (χ3n) is 10.9. The highest BCUT2D eigenvalue weighted by Crippen LogP contribution is 2.43. The SMILES string of the molecule is CCCCCCCCCCCCCCCCCC(=O)O[C@H](COC(=O)CCC/C=C\C[C@H]1[C@@H](O)CC(=O)[C@@H]1/C=C/[C@@H](O)CCCCC)COP(=O)(O)OCC[N+](C)(C)C. The molecule has 1 aliphatic rings. The lowest BCUT2D eigenvalue weighted by molar-refractivity contribution is -0.870. The molecule has 0 bridgehead atoms. The van der Waals surface area contributed by atoms with E-state index in [-0.39, 0.29) is 44.2 Å². The van der Waals surface area contributed by atoms with Crippen molar-refractivity contribution in [3.05, 3.63) is 24.3 Å². The van der Waals surface area contributed by atoms with Crippen LogP contribution in [0.15, 0.2) is 24.3 Å². The standard InChI is InChI=1S/C46H84NO11P/c1-6-8-10-11-12-13-14-15-16-17-18-19-20-21-27-31-46(52)58-40(38-57-59(53,54)56-35-34-47(3,4)5)37-55-45(51)30-26-23-22-25-29-41-42(44(50)36-43(41)49)33-32-39(48)28-24-9-7-2/h22,25,32-33,39-43,48-49H,6-21,23-24,26-31,34-38H2,1-5H3/p+1/b25-22-,33-32+/t39-,40+,41+,42+,43-/m0/s1. The van der Waals surface area contributed by atoms with Gasteiger partial charge in [0.25, 0.3) is 0 Å². The van der Waals surface area contributed by atoms with E-state index in [0.717, 1.165) is 38.5 Å². The molecule has 6 atom stereocenters. The van der Waals surface area contributed by atoms with Gasteiger partial charge in [-0.15, -0.1) is 0 Å². The summed E-state index contributed by atoms with van der Waals surface area (Å²) < 4.78 is 34.3. The number of nitrogens with zero attached hydrogens (tertiary/aromatic N) is 1. The molecule has 0 aromatic heterocycles. The largest absolute Gasteiger partial charge is 0.472 e. The molecule has 0 aromatic carbocycles. The van der Waals surface area contributed by atoms with Crippen molar-refractivity contribution >= 4 is 25.5 Å². The number of phosphoric acid groups is 1. The first-order chi connectivity index (χ1) is 28.2. The van der Waals surface area contributed by atoms with Crippen molar-refractivity contribution in [2.75, 3.05) is 47.5 Å². The molecule has 0 radical (unpaired) electrons. The molecular weight excluding hydrogens is 773 g/mol. The van der Waals surface area contributed by atoms with Crippen molar-refractivity contribution in [3.63, 3.8) is 0 Å². The summed E-state index contributed by atoms with van der Waals surface area (Å²) in [5, 5.41) is 20.7. The Kier molecular flexibility index (Phi) is 31.4. The lowest BCUT2D eigenvalue weighted by Crippen LogP contribution is -2.37. The summed E-state index contributed by atoms with van der Waals surface area (Å²) in [6.45, 7) is 4.02. The summed E-state index contributed by atoms with van der Waals surface area (Å²) >= 11 is 0. The van der Waals surface area contributed by atoms with Gasteiger partial charge in [-0.3, -0.25) is 23.4 Å². The van der Waals surface area contributed by atoms with Crippen LogP contribution in [0.3, 0.4) is 0 Å². The lowest BCUT2D eigenvalue weighted by atomic mass is 9.90. The normalized spacial score (nSPS) is 19.4. The van der Waals surface area contributed by atoms with E-state index in [9.17, 15) is 34.1 Å². The molecule has 344 valence electrons. The molecule has 59 heavy (non-hydrogen) atoms. The van der Waals surface area contributed by atoms with Gasteiger partial charge in [-0.05, 0) is 32.1 Å². The lowest BCUT2D eigenvalue weighted by Gasteiger charge is -2.24. The highest BCUT2D eigenvalue weighted by atomic mass is 31.2. The second kappa shape index (κ2) is 33.7. The van der Waals surface area contributed by atoms with Crippen LogP contribution in [-0.4, -0.2) is 103 Å². The summed E-state index contributed by atoms with van der Waals surface area (Å²) in [5.41, 5.74) is 0. The van der Waals surface area contributed by atoms with E-state index in [1.807, 2.05) is 33.3 Å². The summed E-state index contributed by atoms with van der Waals surface area (Å²) in [6.07, 6.45) is 28.7. The number of carbonyl (C=O) groups excluding carboxylic acids is 3. The fourth-order valence-electron chi connectivity index (χ4n) is 7.11. The Morgan fingerprint density at radius 3 is 1.93 bits per heavy atom. The van der Waals surface area contributed by atoms with Gasteiger partial charge in [0.2, 0.25) is 0 Å². The van der Waals surface area contributed by atoms with E-state index in [1.165, 1.54) is 70.6 Å². The van der Waals surface area contributed by atoms with Gasteiger partial charge < -0.3 is 29.1 Å². The average Bonchev–Trinajstić information content (AvgIpc) is 3.44. The molecule has 0 spiro atoms. The zero-order valence-corrected chi connectivity index (χ0v) is 38.6. The monoisotopic (exact) mass is 859 g/mol. The first-order valence-corrected chi connectivity index (χ1v) is 24.7. The minimum atomic E-state index is -4.44. The molecule has 1 saturated carbocycles. The number of unbranched alkanes of at least 4 members (excludes halogenated alkanes) is 17. The van der Waals surface area contributed by atoms with Gasteiger partial charge in [-0.1, -0.05) is 147 Å². The minimum absolute atomic E-state index is 0.00925. The van der Waals surface area contributed by atoms with Crippen LogP contribution >= 0.6 is 7.82 Å². The maximum absolute atomic E-state index is 12.7. The number of esters is 2. The molecule has 0 amide bonds. The third-order valence-corrected chi connectivity index (χ3v) is 11.8. The Hall–Kier alpha value is -1.92. The Morgan fingerprint density at radius 2 is 1.34 bits per heavy atom. The summed E-state index contributed by atoms with van der Waals surface area (Å²) in [4.78, 5) is 48.1. The van der Waals surface area contributed by atoms with Crippen LogP contribution in [-0.2, 0) is 37.5 Å². The number of allylic oxidation sites excluding steroid dienone is 3. The van der Waals surface area contributed by atoms with Gasteiger partial charge in [0.1, 0.15) is 25.5 Å². The maximum atomic E-state index is 12.7. The second-order valence-corrected chi connectivity index (χ2v) is 19.0. The average molecular weight is 859 g/mol. The van der Waals surface area contributed by atoms with Crippen LogP contribution in [0, 0.1) is 11.8 Å². The van der Waals surface area contributed by atoms with Crippen molar-refractivity contribution in [2.24, 2.45) is 11.8 Å². The van der Waals surface area contributed by atoms with Crippen LogP contribution in [0.1, 0.15) is 174 Å². The van der Waals surface area contributed by atoms with Gasteiger partial charge in [-0.25, -0.2) is 4.57 Å². The molecule has 0 heterocycles. The molecule has 1 rings (SSSR count). The summed E-state index contributed by atoms with van der Waals surface area (Å²) in [7, 11) is 1.34. The smallest absolute Gasteiger partial charge is 0.462 e. The third kappa shape index (κ3) is 30.7. The molecule has 0 saturated heterocycles. The van der Waals surface area contributed by atoms with E-state index < -0.39 is 50.6 Å². The summed E-state index contributed by atoms with van der Waals surface area (Å²) in [6, 6.07) is 0. The molecule has 0 aromatic rings. The Labute approximate surface area is 358 Å². The number of hydrogen-bond acceptors (Lipinski definition) is 10. The highest BCUT2D eigenvalue weighted by molar-refractivity contribution is 7.47. The molecule has 1 aliphatic carbocycles. The number of aliphatic hydroxyl groups excluding tert-OH is 2. The number of carbonyl (C=O) groups is 3. The Balaban J connectivity index is 2.48. The van der Waals surface area contributed by atoms with E-state index in [0.29, 0.717) is 43.1 Å². The number of phosphoric ester groups is 1. The first kappa shape index (κ1) is 55.1. The number of aliphatic hydroxyl groups is 2. The molecular formula is C46H85NO11P+. The van der Waals surface area contributed by atoms with Crippen LogP contribution in [0.4, 0.5) is 0 Å². The van der Waals surface area contributed by atoms with Gasteiger partial charge in [0.15, 0.2) is 6.10 Å². The predicted molar refractivity (Wildman–Crippen MR) is 235 cm³/mol. The molecule has 0 aliphatic heterocycles. The fourth-order valence-corrected chi connectivity index (χ4v) is 7.85. The van der Waals surface area contributed by atoms with Crippen molar-refractivity contribution in [1.29, 1.82) is 0 Å². The van der Waals surface area contributed by atoms with E-state index >= 15 is 0 Å². The predicted octanol–water partition coefficient (Wildman–Crippen LogP) is 9.72. The Bertz CT molecular complexity index is 1220. The van der Waals surface area contributed by atoms with Gasteiger partial charge in [0, 0.05) is 31.1 Å². The highest BCUT2D eigenvalue weighted by Gasteiger charge is 2.39. The topological polar surface area (TPSA) is 166 Å². The van der Waals surface area contributed by atoms with Gasteiger partial charge in [0.05, 0.1) is 40.0 Å². The number of ether oxygens (including phenoxy) is 2. The molecule has 3 N–H and O–H groups in total. The second-order valence-electron chi connectivity index (χ2n) is 17.6. The number of Topliss-reactive ketones (excluding diaryl/α,β-unsaturated/α-hetero) is 1. The number of quaternary nitrogens is 1. The van der Waals surface area contributed by atoms with Gasteiger partial charge >= 0.3 is 19.8 Å². The van der Waals surface area contributed by atoms with Crippen LogP contribution < -0.4 is 0 Å². The number of likely N-dealkylation sites (N-methyl/N-ethyl adjacent to an activating group) is 1.